The Balaban J connectivity index is 1.48. The molecule has 0 aliphatic rings. The van der Waals surface area contributed by atoms with E-state index in [0.717, 1.165) is 10.2 Å². The molecular formula is C22H16ClN3O4. The molecule has 0 unspecified atom stereocenters. The Morgan fingerprint density at radius 1 is 0.967 bits per heavy atom. The lowest BCUT2D eigenvalue weighted by molar-refractivity contribution is 0.0331. The van der Waals surface area contributed by atoms with Crippen molar-refractivity contribution in [2.24, 2.45) is 0 Å². The van der Waals surface area contributed by atoms with Crippen molar-refractivity contribution in [1.29, 1.82) is 0 Å². The first kappa shape index (κ1) is 19.6. The highest BCUT2D eigenvalue weighted by Gasteiger charge is 2.15. The van der Waals surface area contributed by atoms with E-state index in [1.807, 2.05) is 18.2 Å². The largest absolute Gasteiger partial charge is 0.488 e. The van der Waals surface area contributed by atoms with Gasteiger partial charge in [-0.2, -0.15) is 4.68 Å². The van der Waals surface area contributed by atoms with Gasteiger partial charge in [0.2, 0.25) is 0 Å². The van der Waals surface area contributed by atoms with Crippen LogP contribution in [0.5, 0.6) is 5.75 Å². The van der Waals surface area contributed by atoms with Gasteiger partial charge in [0.15, 0.2) is 6.73 Å². The summed E-state index contributed by atoms with van der Waals surface area (Å²) >= 11 is 6.15. The van der Waals surface area contributed by atoms with Gasteiger partial charge in [-0.05, 0) is 30.3 Å². The molecule has 0 bridgehead atoms. The molecule has 0 aliphatic carbocycles. The van der Waals surface area contributed by atoms with E-state index in [2.05, 4.69) is 10.3 Å². The molecule has 1 heterocycles. The number of hydrogen-bond acceptors (Lipinski definition) is 6. The standard InChI is InChI=1S/C22H16ClN3O4/c23-18-10-4-1-7-15(18)13-29-20-12-6-3-9-17(20)22(28)30-14-26-21(27)16-8-2-5-11-19(16)24-25-26/h1-12H,13-14H2. The molecule has 7 nitrogen and oxygen atoms in total. The van der Waals surface area contributed by atoms with E-state index in [1.54, 1.807) is 54.6 Å². The molecule has 0 amide bonds. The molecule has 0 radical (unpaired) electrons. The van der Waals surface area contributed by atoms with Crippen LogP contribution >= 0.6 is 11.6 Å². The molecule has 8 heteroatoms. The van der Waals surface area contributed by atoms with Gasteiger partial charge in [0.1, 0.15) is 23.4 Å². The zero-order valence-corrected chi connectivity index (χ0v) is 16.5. The highest BCUT2D eigenvalue weighted by atomic mass is 35.5. The van der Waals surface area contributed by atoms with Gasteiger partial charge in [-0.3, -0.25) is 4.79 Å². The molecule has 0 spiro atoms. The number of aromatic nitrogens is 3. The van der Waals surface area contributed by atoms with Crippen molar-refractivity contribution in [1.82, 2.24) is 15.0 Å². The van der Waals surface area contributed by atoms with Crippen LogP contribution in [-0.4, -0.2) is 21.0 Å². The van der Waals surface area contributed by atoms with Crippen molar-refractivity contribution in [3.63, 3.8) is 0 Å². The summed E-state index contributed by atoms with van der Waals surface area (Å²) in [5.74, 6) is -0.300. The smallest absolute Gasteiger partial charge is 0.343 e. The molecule has 0 fully saturated rings. The third-order valence-corrected chi connectivity index (χ3v) is 4.76. The zero-order valence-electron chi connectivity index (χ0n) is 15.7. The Morgan fingerprint density at radius 2 is 1.70 bits per heavy atom. The normalized spacial score (nSPS) is 10.7. The minimum absolute atomic E-state index is 0.194. The highest BCUT2D eigenvalue weighted by molar-refractivity contribution is 6.31. The van der Waals surface area contributed by atoms with Crippen molar-refractivity contribution >= 4 is 28.5 Å². The van der Waals surface area contributed by atoms with Crippen LogP contribution in [0.3, 0.4) is 0 Å². The Kier molecular flexibility index (Phi) is 5.72. The topological polar surface area (TPSA) is 83.3 Å². The average molecular weight is 422 g/mol. The molecule has 0 aliphatic heterocycles. The lowest BCUT2D eigenvalue weighted by Crippen LogP contribution is -2.26. The summed E-state index contributed by atoms with van der Waals surface area (Å²) in [6.07, 6.45) is 0. The zero-order chi connectivity index (χ0) is 20.9. The quantitative estimate of drug-likeness (QED) is 0.440. The van der Waals surface area contributed by atoms with Gasteiger partial charge in [0.05, 0.1) is 5.39 Å². The number of rotatable bonds is 6. The average Bonchev–Trinajstić information content (AvgIpc) is 2.78. The van der Waals surface area contributed by atoms with Crippen LogP contribution in [0.2, 0.25) is 5.02 Å². The number of ether oxygens (including phenoxy) is 2. The van der Waals surface area contributed by atoms with Crippen molar-refractivity contribution in [2.75, 3.05) is 0 Å². The summed E-state index contributed by atoms with van der Waals surface area (Å²) in [5, 5.41) is 8.75. The lowest BCUT2D eigenvalue weighted by atomic mass is 10.2. The second kappa shape index (κ2) is 8.75. The van der Waals surface area contributed by atoms with E-state index < -0.39 is 11.5 Å². The van der Waals surface area contributed by atoms with Gasteiger partial charge in [0.25, 0.3) is 5.56 Å². The van der Waals surface area contributed by atoms with E-state index in [1.165, 1.54) is 0 Å². The summed E-state index contributed by atoms with van der Waals surface area (Å²) in [4.78, 5) is 25.1. The first-order valence-corrected chi connectivity index (χ1v) is 9.46. The van der Waals surface area contributed by atoms with Crippen molar-refractivity contribution in [3.05, 3.63) is 99.3 Å². The molecule has 4 rings (SSSR count). The van der Waals surface area contributed by atoms with Gasteiger partial charge in [-0.1, -0.05) is 59.3 Å². The maximum Gasteiger partial charge on any atom is 0.343 e. The Labute approximate surface area is 176 Å². The van der Waals surface area contributed by atoms with E-state index in [0.29, 0.717) is 21.7 Å². The van der Waals surface area contributed by atoms with Crippen LogP contribution in [0.1, 0.15) is 15.9 Å². The first-order chi connectivity index (χ1) is 14.6. The minimum atomic E-state index is -0.647. The van der Waals surface area contributed by atoms with Gasteiger partial charge < -0.3 is 9.47 Å². The molecule has 0 saturated heterocycles. The Morgan fingerprint density at radius 3 is 2.57 bits per heavy atom. The number of halogens is 1. The maximum absolute atomic E-state index is 12.6. The summed E-state index contributed by atoms with van der Waals surface area (Å²) in [5.41, 5.74) is 1.10. The second-order valence-electron chi connectivity index (χ2n) is 6.35. The van der Waals surface area contributed by atoms with Gasteiger partial charge >= 0.3 is 5.97 Å². The van der Waals surface area contributed by atoms with Crippen molar-refractivity contribution in [2.45, 2.75) is 13.3 Å². The third kappa shape index (κ3) is 4.16. The fraction of sp³-hybridized carbons (Fsp3) is 0.0909. The van der Waals surface area contributed by atoms with E-state index in [4.69, 9.17) is 21.1 Å². The summed E-state index contributed by atoms with van der Waals surface area (Å²) in [6.45, 7) is -0.173. The third-order valence-electron chi connectivity index (χ3n) is 4.40. The van der Waals surface area contributed by atoms with E-state index in [9.17, 15) is 9.59 Å². The maximum atomic E-state index is 12.6. The number of para-hydroxylation sites is 1. The number of hydrogen-bond donors (Lipinski definition) is 0. The highest BCUT2D eigenvalue weighted by Crippen LogP contribution is 2.22. The molecule has 150 valence electrons. The molecule has 30 heavy (non-hydrogen) atoms. The van der Waals surface area contributed by atoms with Gasteiger partial charge in [-0.15, -0.1) is 5.10 Å². The molecule has 0 saturated carbocycles. The molecule has 4 aromatic rings. The van der Waals surface area contributed by atoms with Crippen LogP contribution in [0, 0.1) is 0 Å². The lowest BCUT2D eigenvalue weighted by Gasteiger charge is -2.12. The van der Waals surface area contributed by atoms with Crippen LogP contribution in [0.15, 0.2) is 77.6 Å². The van der Waals surface area contributed by atoms with Crippen LogP contribution < -0.4 is 10.3 Å². The molecular weight excluding hydrogens is 406 g/mol. The predicted molar refractivity (Wildman–Crippen MR) is 111 cm³/mol. The molecule has 0 atom stereocenters. The van der Waals surface area contributed by atoms with Crippen molar-refractivity contribution in [3.8, 4) is 5.75 Å². The summed E-state index contributed by atoms with van der Waals surface area (Å²) < 4.78 is 12.0. The Hall–Kier alpha value is -3.71. The summed E-state index contributed by atoms with van der Waals surface area (Å²) in [6, 6.07) is 20.8. The van der Waals surface area contributed by atoms with Crippen LogP contribution in [0.25, 0.3) is 10.9 Å². The number of nitrogens with zero attached hydrogens (tertiary/aromatic N) is 3. The number of esters is 1. The van der Waals surface area contributed by atoms with Crippen molar-refractivity contribution < 1.29 is 14.3 Å². The first-order valence-electron chi connectivity index (χ1n) is 9.08. The monoisotopic (exact) mass is 421 g/mol. The van der Waals surface area contributed by atoms with Crippen LogP contribution in [-0.2, 0) is 18.1 Å². The van der Waals surface area contributed by atoms with Gasteiger partial charge in [0, 0.05) is 10.6 Å². The SMILES string of the molecule is O=C(OCn1nnc2ccccc2c1=O)c1ccccc1OCc1ccccc1Cl. The second-order valence-corrected chi connectivity index (χ2v) is 6.76. The number of fused-ring (bicyclic) bond motifs is 1. The fourth-order valence-electron chi connectivity index (χ4n) is 2.84. The van der Waals surface area contributed by atoms with E-state index in [-0.39, 0.29) is 18.9 Å². The van der Waals surface area contributed by atoms with Gasteiger partial charge in [-0.25, -0.2) is 4.79 Å². The number of benzene rings is 3. The summed E-state index contributed by atoms with van der Waals surface area (Å²) in [7, 11) is 0. The predicted octanol–water partition coefficient (Wildman–Crippen LogP) is 3.84. The molecule has 0 N–H and O–H groups in total. The van der Waals surface area contributed by atoms with E-state index >= 15 is 0 Å². The minimum Gasteiger partial charge on any atom is -0.488 e. The molecule has 1 aromatic heterocycles. The number of carbonyl (C=O) groups excluding carboxylic acids is 1. The molecule has 3 aromatic carbocycles. The van der Waals surface area contributed by atoms with Crippen LogP contribution in [0.4, 0.5) is 0 Å². The Bertz CT molecular complexity index is 1270. The fourth-order valence-corrected chi connectivity index (χ4v) is 3.03. The number of carbonyl (C=O) groups is 1.